The van der Waals surface area contributed by atoms with Crippen LogP contribution in [0.4, 0.5) is 5.69 Å². The molecule has 0 aromatic heterocycles. The number of anilines is 1. The minimum atomic E-state index is 0.647. The summed E-state index contributed by atoms with van der Waals surface area (Å²) in [5, 5.41) is 4.69. The number of nitrogens with one attached hydrogen (secondary N) is 1. The van der Waals surface area contributed by atoms with Crippen molar-refractivity contribution >= 4 is 23.0 Å². The first-order valence-corrected chi connectivity index (χ1v) is 9.88. The highest BCUT2D eigenvalue weighted by molar-refractivity contribution is 7.80. The molecule has 130 valence electrons. The Morgan fingerprint density at radius 3 is 2.54 bits per heavy atom. The fourth-order valence-corrected chi connectivity index (χ4v) is 5.22. The van der Waals surface area contributed by atoms with E-state index in [1.54, 1.807) is 0 Å². The largest absolute Gasteiger partial charge is 0.368 e. The molecule has 1 aromatic rings. The lowest BCUT2D eigenvalue weighted by Gasteiger charge is -2.39. The van der Waals surface area contributed by atoms with Crippen LogP contribution >= 0.6 is 12.2 Å². The lowest BCUT2D eigenvalue weighted by molar-refractivity contribution is 0.345. The van der Waals surface area contributed by atoms with Crippen LogP contribution in [0.5, 0.6) is 0 Å². The maximum Gasteiger partial charge on any atom is 0.169 e. The van der Waals surface area contributed by atoms with E-state index in [0.717, 1.165) is 43.1 Å². The number of thiocarbonyl (C=S) groups is 1. The van der Waals surface area contributed by atoms with Crippen LogP contribution in [0.15, 0.2) is 18.2 Å². The van der Waals surface area contributed by atoms with E-state index in [9.17, 15) is 0 Å². The van der Waals surface area contributed by atoms with Crippen molar-refractivity contribution in [2.45, 2.75) is 45.6 Å². The summed E-state index contributed by atoms with van der Waals surface area (Å²) in [7, 11) is 0. The molecule has 1 saturated heterocycles. The van der Waals surface area contributed by atoms with Gasteiger partial charge in [0.25, 0.3) is 0 Å². The molecule has 3 aliphatic rings. The summed E-state index contributed by atoms with van der Waals surface area (Å²) < 4.78 is 0. The quantitative estimate of drug-likeness (QED) is 0.828. The highest BCUT2D eigenvalue weighted by Gasteiger charge is 2.40. The molecular weight excluding hydrogens is 314 g/mol. The highest BCUT2D eigenvalue weighted by Crippen LogP contribution is 2.44. The molecular formula is C20H29N3S. The van der Waals surface area contributed by atoms with Crippen LogP contribution in [0.3, 0.4) is 0 Å². The summed E-state index contributed by atoms with van der Waals surface area (Å²) >= 11 is 5.72. The van der Waals surface area contributed by atoms with Gasteiger partial charge in [-0.3, -0.25) is 0 Å². The maximum absolute atomic E-state index is 5.72. The van der Waals surface area contributed by atoms with Crippen molar-refractivity contribution in [2.24, 2.45) is 11.8 Å². The van der Waals surface area contributed by atoms with E-state index in [4.69, 9.17) is 12.2 Å². The molecule has 0 spiro atoms. The van der Waals surface area contributed by atoms with Crippen LogP contribution in [0.1, 0.15) is 36.8 Å². The first kappa shape index (κ1) is 16.2. The minimum absolute atomic E-state index is 0.647. The Labute approximate surface area is 151 Å². The van der Waals surface area contributed by atoms with Gasteiger partial charge in [-0.2, -0.15) is 0 Å². The smallest absolute Gasteiger partial charge is 0.169 e. The molecule has 0 unspecified atom stereocenters. The van der Waals surface area contributed by atoms with Gasteiger partial charge in [-0.25, -0.2) is 0 Å². The summed E-state index contributed by atoms with van der Waals surface area (Å²) in [6, 6.07) is 7.40. The number of hydrogen-bond acceptors (Lipinski definition) is 2. The van der Waals surface area contributed by atoms with E-state index < -0.39 is 0 Å². The Kier molecular flexibility index (Phi) is 4.42. The third kappa shape index (κ3) is 3.13. The predicted octanol–water partition coefficient (Wildman–Crippen LogP) is 3.49. The molecule has 3 nitrogen and oxygen atoms in total. The zero-order chi connectivity index (χ0) is 16.7. The zero-order valence-corrected chi connectivity index (χ0v) is 15.7. The maximum atomic E-state index is 5.72. The van der Waals surface area contributed by atoms with Crippen molar-refractivity contribution in [1.82, 2.24) is 10.2 Å². The van der Waals surface area contributed by atoms with Gasteiger partial charge in [-0.05, 0) is 74.4 Å². The number of benzene rings is 1. The van der Waals surface area contributed by atoms with E-state index in [0.29, 0.717) is 6.04 Å². The summed E-state index contributed by atoms with van der Waals surface area (Å²) in [6.45, 7) is 8.56. The van der Waals surface area contributed by atoms with Gasteiger partial charge in [-0.15, -0.1) is 0 Å². The van der Waals surface area contributed by atoms with Gasteiger partial charge in [0, 0.05) is 37.9 Å². The molecule has 1 aromatic carbocycles. The van der Waals surface area contributed by atoms with Crippen LogP contribution in [-0.4, -0.2) is 42.2 Å². The van der Waals surface area contributed by atoms with Gasteiger partial charge in [0.05, 0.1) is 0 Å². The first-order chi connectivity index (χ1) is 11.6. The van der Waals surface area contributed by atoms with E-state index in [1.165, 1.54) is 42.5 Å². The number of piperazine rings is 1. The van der Waals surface area contributed by atoms with Crippen LogP contribution in [0, 0.1) is 25.7 Å². The molecule has 24 heavy (non-hydrogen) atoms. The zero-order valence-electron chi connectivity index (χ0n) is 14.9. The van der Waals surface area contributed by atoms with Crippen LogP contribution in [0.2, 0.25) is 0 Å². The molecule has 1 heterocycles. The monoisotopic (exact) mass is 343 g/mol. The van der Waals surface area contributed by atoms with Crippen LogP contribution < -0.4 is 10.2 Å². The van der Waals surface area contributed by atoms with Crippen LogP contribution in [-0.2, 0) is 0 Å². The van der Waals surface area contributed by atoms with Gasteiger partial charge in [0.1, 0.15) is 0 Å². The Bertz CT molecular complexity index is 621. The van der Waals surface area contributed by atoms with E-state index >= 15 is 0 Å². The van der Waals surface area contributed by atoms with Crippen LogP contribution in [0.25, 0.3) is 0 Å². The molecule has 3 atom stereocenters. The van der Waals surface area contributed by atoms with Crippen molar-refractivity contribution in [1.29, 1.82) is 0 Å². The summed E-state index contributed by atoms with van der Waals surface area (Å²) in [4.78, 5) is 4.89. The average Bonchev–Trinajstić information content (AvgIpc) is 3.20. The Balaban J connectivity index is 1.32. The lowest BCUT2D eigenvalue weighted by atomic mass is 9.95. The van der Waals surface area contributed by atoms with Crippen molar-refractivity contribution in [3.05, 3.63) is 29.3 Å². The molecule has 4 rings (SSSR count). The van der Waals surface area contributed by atoms with Crippen molar-refractivity contribution < 1.29 is 0 Å². The van der Waals surface area contributed by atoms with Crippen molar-refractivity contribution in [2.75, 3.05) is 31.1 Å². The average molecular weight is 344 g/mol. The SMILES string of the molecule is Cc1ccc(C)c(N2CCN(C(=S)N[C@@H]3C[C@@H]4CC[C@@H]3C4)CC2)c1. The van der Waals surface area contributed by atoms with Gasteiger partial charge in [0.15, 0.2) is 5.11 Å². The minimum Gasteiger partial charge on any atom is -0.368 e. The van der Waals surface area contributed by atoms with Crippen molar-refractivity contribution in [3.8, 4) is 0 Å². The fraction of sp³-hybridized carbons (Fsp3) is 0.650. The molecule has 2 saturated carbocycles. The number of fused-ring (bicyclic) bond motifs is 2. The van der Waals surface area contributed by atoms with Gasteiger partial charge >= 0.3 is 0 Å². The Morgan fingerprint density at radius 2 is 1.88 bits per heavy atom. The third-order valence-electron chi connectivity index (χ3n) is 6.32. The van der Waals surface area contributed by atoms with Gasteiger partial charge in [0.2, 0.25) is 0 Å². The van der Waals surface area contributed by atoms with E-state index in [2.05, 4.69) is 47.2 Å². The lowest BCUT2D eigenvalue weighted by Crippen LogP contribution is -2.54. The van der Waals surface area contributed by atoms with E-state index in [-0.39, 0.29) is 0 Å². The van der Waals surface area contributed by atoms with Crippen molar-refractivity contribution in [3.63, 3.8) is 0 Å². The Hall–Kier alpha value is -1.29. The Morgan fingerprint density at radius 1 is 1.08 bits per heavy atom. The molecule has 3 fully saturated rings. The summed E-state index contributed by atoms with van der Waals surface area (Å²) in [5.74, 6) is 1.85. The molecule has 2 aliphatic carbocycles. The molecule has 4 heteroatoms. The number of aryl methyl sites for hydroxylation is 2. The topological polar surface area (TPSA) is 18.5 Å². The van der Waals surface area contributed by atoms with Gasteiger partial charge < -0.3 is 15.1 Å². The fourth-order valence-electron chi connectivity index (χ4n) is 4.88. The predicted molar refractivity (Wildman–Crippen MR) is 105 cm³/mol. The van der Waals surface area contributed by atoms with E-state index in [1.807, 2.05) is 0 Å². The molecule has 1 N–H and O–H groups in total. The molecule has 2 bridgehead atoms. The number of hydrogen-bond donors (Lipinski definition) is 1. The normalized spacial score (nSPS) is 29.2. The second-order valence-corrected chi connectivity index (χ2v) is 8.38. The molecule has 1 aliphatic heterocycles. The molecule has 0 radical (unpaired) electrons. The third-order valence-corrected chi connectivity index (χ3v) is 6.70. The highest BCUT2D eigenvalue weighted by atomic mass is 32.1. The first-order valence-electron chi connectivity index (χ1n) is 9.48. The summed E-state index contributed by atoms with van der Waals surface area (Å²) in [6.07, 6.45) is 5.63. The molecule has 0 amide bonds. The second-order valence-electron chi connectivity index (χ2n) is 7.99. The summed E-state index contributed by atoms with van der Waals surface area (Å²) in [5.41, 5.74) is 4.10. The number of nitrogens with zero attached hydrogens (tertiary/aromatic N) is 2. The standard InChI is InChI=1S/C20H29N3S/c1-14-3-4-15(2)19(11-14)22-7-9-23(10-8-22)20(24)21-18-13-16-5-6-17(18)12-16/h3-4,11,16-18H,5-10,12-13H2,1-2H3,(H,21,24)/t16-,17-,18-/m1/s1. The number of rotatable bonds is 2. The second kappa shape index (κ2) is 6.55. The van der Waals surface area contributed by atoms with Gasteiger partial charge in [-0.1, -0.05) is 18.6 Å².